The third-order valence-corrected chi connectivity index (χ3v) is 7.75. The van der Waals surface area contributed by atoms with Crippen LogP contribution in [0.1, 0.15) is 20.8 Å². The monoisotopic (exact) mass is 744 g/mol. The second kappa shape index (κ2) is 24.6. The Hall–Kier alpha value is -3.45. The zero-order chi connectivity index (χ0) is 28.9. The summed E-state index contributed by atoms with van der Waals surface area (Å²) in [7, 11) is -0.877. The van der Waals surface area contributed by atoms with E-state index < -0.39 is 31.8 Å². The molecule has 0 atom stereocenters. The number of benzene rings is 3. The third kappa shape index (κ3) is 17.9. The van der Waals surface area contributed by atoms with Gasteiger partial charge in [0.1, 0.15) is 15.9 Å². The fourth-order valence-corrected chi connectivity index (χ4v) is 5.64. The fourth-order valence-electron chi connectivity index (χ4n) is 3.06. The van der Waals surface area contributed by atoms with Crippen LogP contribution in [-0.2, 0) is 45.1 Å². The van der Waals surface area contributed by atoms with Gasteiger partial charge in [-0.3, -0.25) is 0 Å². The third-order valence-electron chi connectivity index (χ3n) is 5.02. The van der Waals surface area contributed by atoms with Crippen molar-refractivity contribution < 1.29 is 70.4 Å². The molecule has 0 fully saturated rings. The van der Waals surface area contributed by atoms with Crippen molar-refractivity contribution in [1.82, 2.24) is 0 Å². The molecule has 0 bridgehead atoms. The van der Waals surface area contributed by atoms with Gasteiger partial charge < -0.3 is 50.0 Å². The number of carboxylic acid groups (broad SMARTS) is 4. The molecule has 0 saturated heterocycles. The Morgan fingerprint density at radius 1 is 0.525 bits per heavy atom. The summed E-state index contributed by atoms with van der Waals surface area (Å²) in [6, 6.07) is 32.5. The Kier molecular flexibility index (Phi) is 25.2. The Morgan fingerprint density at radius 2 is 0.725 bits per heavy atom. The van der Waals surface area contributed by atoms with Crippen LogP contribution in [0.3, 0.4) is 0 Å². The summed E-state index contributed by atoms with van der Waals surface area (Å²) in [6.07, 6.45) is 0. The van der Waals surface area contributed by atoms with Gasteiger partial charge in [-0.2, -0.15) is 0 Å². The number of carbonyl (C=O) groups is 4. The van der Waals surface area contributed by atoms with E-state index in [1.54, 1.807) is 4.90 Å². The van der Waals surface area contributed by atoms with Crippen LogP contribution >= 0.6 is 7.92 Å². The van der Waals surface area contributed by atoms with Gasteiger partial charge >= 0.3 is 0 Å². The van der Waals surface area contributed by atoms with Crippen molar-refractivity contribution in [2.75, 3.05) is 19.6 Å². The quantitative estimate of drug-likeness (QED) is 0.195. The van der Waals surface area contributed by atoms with E-state index >= 15 is 0 Å². The van der Waals surface area contributed by atoms with E-state index in [0.29, 0.717) is 0 Å². The van der Waals surface area contributed by atoms with Crippen molar-refractivity contribution in [2.45, 2.75) is 20.8 Å². The zero-order valence-electron chi connectivity index (χ0n) is 22.3. The van der Waals surface area contributed by atoms with Crippen molar-refractivity contribution in [3.8, 4) is 0 Å². The van der Waals surface area contributed by atoms with E-state index in [0.717, 1.165) is 0 Å². The number of aliphatic carboxylic acids is 4. The average molecular weight is 744 g/mol. The van der Waals surface area contributed by atoms with E-state index in [2.05, 4.69) is 112 Å². The summed E-state index contributed by atoms with van der Waals surface area (Å²) in [6.45, 7) is 10.5. The van der Waals surface area contributed by atoms with Crippen LogP contribution in [0.15, 0.2) is 91.0 Å². The van der Waals surface area contributed by atoms with Crippen LogP contribution in [0, 0.1) is 0 Å². The molecular weight excluding hydrogens is 711 g/mol. The molecule has 0 unspecified atom stereocenters. The van der Waals surface area contributed by atoms with Gasteiger partial charge in [0, 0.05) is 20.4 Å². The molecule has 219 valence electrons. The van der Waals surface area contributed by atoms with Crippen LogP contribution in [0.25, 0.3) is 0 Å². The molecule has 3 rings (SSSR count). The van der Waals surface area contributed by atoms with E-state index in [-0.39, 0.29) is 25.9 Å². The molecule has 0 amide bonds. The number of rotatable bonds is 6. The zero-order valence-corrected chi connectivity index (χ0v) is 26.0. The summed E-state index contributed by atoms with van der Waals surface area (Å²) >= 11 is 0. The molecule has 0 aromatic heterocycles. The number of quaternary nitrogens is 1. The number of hydrogen-bond donors (Lipinski definition) is 1. The number of hydrogen-bond acceptors (Lipinski definition) is 8. The molecule has 0 aliphatic rings. The van der Waals surface area contributed by atoms with Crippen molar-refractivity contribution in [3.63, 3.8) is 0 Å². The SMILES string of the molecule is CC[NH+](CC)CC.O=C([O-])C(=O)[O-].O=C([O-])C(=O)[O-].[O-2].[Re].c1ccc([PH+](c2ccccc2)c2ccccc2)cc1. The van der Waals surface area contributed by atoms with Crippen LogP contribution in [0.4, 0.5) is 0 Å². The molecule has 12 heteroatoms. The van der Waals surface area contributed by atoms with Crippen molar-refractivity contribution in [2.24, 2.45) is 0 Å². The average Bonchev–Trinajstić information content (AvgIpc) is 2.93. The van der Waals surface area contributed by atoms with Crippen LogP contribution in [0.5, 0.6) is 0 Å². The van der Waals surface area contributed by atoms with Crippen LogP contribution < -0.4 is 41.2 Å². The van der Waals surface area contributed by atoms with Crippen molar-refractivity contribution >= 4 is 47.7 Å². The number of carboxylic acids is 4. The molecule has 1 N–H and O–H groups in total. The number of nitrogens with one attached hydrogen (secondary N) is 1. The van der Waals surface area contributed by atoms with Crippen molar-refractivity contribution in [3.05, 3.63) is 91.0 Å². The van der Waals surface area contributed by atoms with Gasteiger partial charge in [-0.15, -0.1) is 0 Å². The van der Waals surface area contributed by atoms with Crippen LogP contribution in [0.2, 0.25) is 0 Å². The Labute approximate surface area is 249 Å². The standard InChI is InChI=1S/C18H15P.C6H15N.2C2H2O4.O.Re/c1-4-10-16(11-5-1)19(17-12-6-2-7-13-17)18-14-8-3-9-15-18;1-4-7(5-2)6-3;2*3-1(4)2(5)6;;/h1-15H;4-6H2,1-3H3;2*(H,3,4)(H,5,6);;/q;;;;-2;/p-2. The minimum atomic E-state index is -2.19. The topological polar surface area (TPSA) is 193 Å². The summed E-state index contributed by atoms with van der Waals surface area (Å²) in [5.74, 6) is -8.74. The molecule has 0 aliphatic heterocycles. The molecule has 40 heavy (non-hydrogen) atoms. The van der Waals surface area contributed by atoms with E-state index in [1.165, 1.54) is 35.5 Å². The predicted molar refractivity (Wildman–Crippen MR) is 140 cm³/mol. The van der Waals surface area contributed by atoms with Crippen LogP contribution in [-0.4, -0.2) is 43.5 Å². The molecule has 3 aromatic rings. The van der Waals surface area contributed by atoms with Gasteiger partial charge in [0.25, 0.3) is 0 Å². The second-order valence-corrected chi connectivity index (χ2v) is 9.92. The molecule has 0 aliphatic carbocycles. The van der Waals surface area contributed by atoms with Gasteiger partial charge in [-0.1, -0.05) is 54.6 Å². The van der Waals surface area contributed by atoms with Gasteiger partial charge in [-0.05, 0) is 57.2 Å². The first-order chi connectivity index (χ1) is 18.1. The Morgan fingerprint density at radius 3 is 0.850 bits per heavy atom. The Balaban J connectivity index is -0.000000546. The summed E-state index contributed by atoms with van der Waals surface area (Å²) in [5, 5.41) is 40.0. The minimum absolute atomic E-state index is 0. The van der Waals surface area contributed by atoms with E-state index in [4.69, 9.17) is 39.6 Å². The fraction of sp³-hybridized carbons (Fsp3) is 0.214. The van der Waals surface area contributed by atoms with Gasteiger partial charge in [0.15, 0.2) is 0 Å². The van der Waals surface area contributed by atoms with Gasteiger partial charge in [0.2, 0.25) is 0 Å². The van der Waals surface area contributed by atoms with Gasteiger partial charge in [-0.25, -0.2) is 0 Å². The van der Waals surface area contributed by atoms with Gasteiger partial charge in [0.05, 0.1) is 51.4 Å². The van der Waals surface area contributed by atoms with E-state index in [1.807, 2.05) is 0 Å². The summed E-state index contributed by atoms with van der Waals surface area (Å²) < 4.78 is 0. The molecule has 0 heterocycles. The predicted octanol–water partition coefficient (Wildman–Crippen LogP) is -4.04. The number of carbonyl (C=O) groups excluding carboxylic acids is 4. The smallest absolute Gasteiger partial charge is 0.102 e. The maximum absolute atomic E-state index is 8.93. The first-order valence-electron chi connectivity index (χ1n) is 11.8. The second-order valence-electron chi connectivity index (χ2n) is 7.43. The maximum atomic E-state index is 8.93. The Bertz CT molecular complexity index is 953. The molecular formula is C28H32NO9PRe-4. The first-order valence-corrected chi connectivity index (χ1v) is 13.3. The molecule has 1 radical (unpaired) electrons. The normalized spacial score (nSPS) is 9.03. The maximum Gasteiger partial charge on any atom is 0.102 e. The molecule has 3 aromatic carbocycles. The largest absolute Gasteiger partial charge is 2.00 e. The first kappa shape index (κ1) is 41.0. The minimum Gasteiger partial charge on any atom is -2.00 e. The summed E-state index contributed by atoms with van der Waals surface area (Å²) in [5.41, 5.74) is 0. The molecule has 10 nitrogen and oxygen atoms in total. The van der Waals surface area contributed by atoms with E-state index in [9.17, 15) is 0 Å². The molecule has 0 spiro atoms. The van der Waals surface area contributed by atoms with Crippen molar-refractivity contribution in [1.29, 1.82) is 0 Å². The molecule has 0 saturated carbocycles. The summed E-state index contributed by atoms with van der Waals surface area (Å²) in [4.78, 5) is 37.4.